The van der Waals surface area contributed by atoms with Gasteiger partial charge in [0, 0.05) is 27.4 Å². The van der Waals surface area contributed by atoms with Crippen molar-refractivity contribution in [3.8, 4) is 0 Å². The van der Waals surface area contributed by atoms with Crippen molar-refractivity contribution in [1.82, 2.24) is 0 Å². The molecule has 3 aliphatic carbocycles. The first-order chi connectivity index (χ1) is 16.6. The van der Waals surface area contributed by atoms with E-state index in [-0.39, 0.29) is 10.8 Å². The van der Waals surface area contributed by atoms with E-state index in [1.807, 2.05) is 60.7 Å². The molecule has 0 radical (unpaired) electrons. The summed E-state index contributed by atoms with van der Waals surface area (Å²) in [5, 5.41) is 14.7. The van der Waals surface area contributed by atoms with Gasteiger partial charge >= 0.3 is 0 Å². The quantitative estimate of drug-likeness (QED) is 0.256. The Kier molecular flexibility index (Phi) is 3.60. The standard InChI is InChI=1S/C28H18N2O4/c31-26-24-23-18-11-3-5-13-20(18)28(30(33)34,21-14-6-4-12-19(21)23)25(24)27(32)29(26)22-15-7-9-16-8-1-2-10-17(16)22/h1-15,23-25H/t23?,24-,25-,28?/m1/s1. The summed E-state index contributed by atoms with van der Waals surface area (Å²) in [4.78, 5) is 42.1. The smallest absolute Gasteiger partial charge is 0.274 e. The van der Waals surface area contributed by atoms with E-state index in [1.54, 1.807) is 30.3 Å². The van der Waals surface area contributed by atoms with Crippen molar-refractivity contribution < 1.29 is 14.5 Å². The number of anilines is 1. The van der Waals surface area contributed by atoms with Gasteiger partial charge in [-0.1, -0.05) is 84.9 Å². The predicted octanol–water partition coefficient (Wildman–Crippen LogP) is 4.62. The fourth-order valence-electron chi connectivity index (χ4n) is 6.68. The number of nitro groups is 1. The van der Waals surface area contributed by atoms with Crippen molar-refractivity contribution in [2.45, 2.75) is 11.5 Å². The van der Waals surface area contributed by atoms with Crippen LogP contribution in [0.2, 0.25) is 0 Å². The van der Waals surface area contributed by atoms with Crippen LogP contribution in [0.1, 0.15) is 28.2 Å². The van der Waals surface area contributed by atoms with E-state index >= 15 is 0 Å². The molecule has 6 heteroatoms. The number of carbonyl (C=O) groups excluding carboxylic acids is 2. The van der Waals surface area contributed by atoms with Crippen LogP contribution in [0.4, 0.5) is 5.69 Å². The molecule has 1 heterocycles. The number of hydrogen-bond acceptors (Lipinski definition) is 4. The molecule has 0 saturated carbocycles. The summed E-state index contributed by atoms with van der Waals surface area (Å²) in [6.45, 7) is 0. The highest BCUT2D eigenvalue weighted by Gasteiger charge is 2.74. The highest BCUT2D eigenvalue weighted by Crippen LogP contribution is 2.64. The third-order valence-electron chi connectivity index (χ3n) is 7.87. The number of amides is 2. The number of imide groups is 1. The molecule has 1 aliphatic heterocycles. The number of benzene rings is 4. The minimum atomic E-state index is -1.81. The fraction of sp³-hybridized carbons (Fsp3) is 0.143. The van der Waals surface area contributed by atoms with Crippen molar-refractivity contribution in [3.63, 3.8) is 0 Å². The average Bonchev–Trinajstić information content (AvgIpc) is 3.14. The molecule has 2 bridgehead atoms. The lowest BCUT2D eigenvalue weighted by atomic mass is 9.51. The Morgan fingerprint density at radius 2 is 1.32 bits per heavy atom. The van der Waals surface area contributed by atoms with Crippen LogP contribution < -0.4 is 4.90 Å². The number of hydrogen-bond donors (Lipinski definition) is 0. The Bertz CT molecular complexity index is 1520. The van der Waals surface area contributed by atoms with Gasteiger partial charge in [-0.2, -0.15) is 0 Å². The number of rotatable bonds is 2. The SMILES string of the molecule is O=C1[C@@H]2C3c4ccccc4C([N+](=O)[O-])(c4ccccc43)[C@H]2C(=O)N1c1cccc2ccccc12. The second-order valence-electron chi connectivity index (χ2n) is 9.19. The molecule has 2 amide bonds. The Hall–Kier alpha value is -4.32. The van der Waals surface area contributed by atoms with Crippen molar-refractivity contribution in [3.05, 3.63) is 123 Å². The monoisotopic (exact) mass is 446 g/mol. The Labute approximate surface area is 194 Å². The summed E-state index contributed by atoms with van der Waals surface area (Å²) in [7, 11) is 0. The minimum absolute atomic E-state index is 0.338. The van der Waals surface area contributed by atoms with Crippen LogP contribution in [0.3, 0.4) is 0 Å². The van der Waals surface area contributed by atoms with Gasteiger partial charge in [0.25, 0.3) is 5.54 Å². The molecular weight excluding hydrogens is 428 g/mol. The normalized spacial score (nSPS) is 26.4. The third-order valence-corrected chi connectivity index (χ3v) is 7.87. The van der Waals surface area contributed by atoms with Crippen molar-refractivity contribution >= 4 is 28.3 Å². The van der Waals surface area contributed by atoms with E-state index in [1.165, 1.54) is 4.90 Å². The van der Waals surface area contributed by atoms with Crippen LogP contribution >= 0.6 is 0 Å². The maximum atomic E-state index is 14.1. The molecule has 2 atom stereocenters. The van der Waals surface area contributed by atoms with Crippen LogP contribution in [-0.4, -0.2) is 16.7 Å². The van der Waals surface area contributed by atoms with E-state index in [0.29, 0.717) is 16.8 Å². The molecule has 8 rings (SSSR count). The van der Waals surface area contributed by atoms with Crippen LogP contribution in [-0.2, 0) is 15.1 Å². The lowest BCUT2D eigenvalue weighted by Gasteiger charge is -2.48. The van der Waals surface area contributed by atoms with Gasteiger partial charge in [0.15, 0.2) is 0 Å². The van der Waals surface area contributed by atoms with E-state index in [2.05, 4.69) is 0 Å². The number of nitrogens with zero attached hydrogens (tertiary/aromatic N) is 2. The first-order valence-corrected chi connectivity index (χ1v) is 11.3. The molecule has 164 valence electrons. The summed E-state index contributed by atoms with van der Waals surface area (Å²) in [5.74, 6) is -3.22. The maximum absolute atomic E-state index is 14.1. The molecule has 0 aromatic heterocycles. The lowest BCUT2D eigenvalue weighted by molar-refractivity contribution is -0.578. The summed E-state index contributed by atoms with van der Waals surface area (Å²) in [6.07, 6.45) is 0. The molecule has 1 saturated heterocycles. The molecule has 4 aromatic rings. The average molecular weight is 446 g/mol. The Morgan fingerprint density at radius 1 is 0.735 bits per heavy atom. The largest absolute Gasteiger partial charge is 0.285 e. The highest BCUT2D eigenvalue weighted by atomic mass is 16.6. The molecule has 34 heavy (non-hydrogen) atoms. The molecule has 0 spiro atoms. The van der Waals surface area contributed by atoms with Gasteiger partial charge in [-0.25, -0.2) is 4.90 Å². The topological polar surface area (TPSA) is 80.5 Å². The first kappa shape index (κ1) is 19.2. The van der Waals surface area contributed by atoms with E-state index in [4.69, 9.17) is 0 Å². The van der Waals surface area contributed by atoms with Gasteiger partial charge in [-0.05, 0) is 22.6 Å². The molecule has 0 N–H and O–H groups in total. The second-order valence-corrected chi connectivity index (χ2v) is 9.19. The lowest BCUT2D eigenvalue weighted by Crippen LogP contribution is -2.57. The highest BCUT2D eigenvalue weighted by molar-refractivity contribution is 6.26. The van der Waals surface area contributed by atoms with E-state index in [9.17, 15) is 19.7 Å². The molecular formula is C28H18N2O4. The molecule has 4 aromatic carbocycles. The summed E-state index contributed by atoms with van der Waals surface area (Å²) in [5.41, 5.74) is 1.24. The van der Waals surface area contributed by atoms with Crippen LogP contribution in [0.15, 0.2) is 91.0 Å². The fourth-order valence-corrected chi connectivity index (χ4v) is 6.68. The summed E-state index contributed by atoms with van der Waals surface area (Å²) in [6, 6.07) is 27.5. The van der Waals surface area contributed by atoms with Crippen LogP contribution in [0.5, 0.6) is 0 Å². The zero-order valence-corrected chi connectivity index (χ0v) is 17.9. The van der Waals surface area contributed by atoms with Crippen molar-refractivity contribution in [1.29, 1.82) is 0 Å². The molecule has 1 fully saturated rings. The van der Waals surface area contributed by atoms with E-state index in [0.717, 1.165) is 21.9 Å². The minimum Gasteiger partial charge on any atom is -0.274 e. The Morgan fingerprint density at radius 3 is 2.00 bits per heavy atom. The van der Waals surface area contributed by atoms with Gasteiger partial charge in [0.1, 0.15) is 5.92 Å². The molecule has 0 unspecified atom stereocenters. The van der Waals surface area contributed by atoms with Crippen LogP contribution in [0, 0.1) is 22.0 Å². The summed E-state index contributed by atoms with van der Waals surface area (Å²) < 4.78 is 0. The van der Waals surface area contributed by atoms with Gasteiger partial charge in [-0.3, -0.25) is 19.7 Å². The molecule has 4 aliphatic rings. The number of fused-ring (bicyclic) bond motifs is 1. The molecule has 6 nitrogen and oxygen atoms in total. The van der Waals surface area contributed by atoms with Crippen molar-refractivity contribution in [2.75, 3.05) is 4.90 Å². The second kappa shape index (κ2) is 6.38. The van der Waals surface area contributed by atoms with E-state index < -0.39 is 29.2 Å². The third kappa shape index (κ3) is 2.02. The summed E-state index contributed by atoms with van der Waals surface area (Å²) >= 11 is 0. The van der Waals surface area contributed by atoms with Crippen LogP contribution in [0.25, 0.3) is 10.8 Å². The maximum Gasteiger partial charge on any atom is 0.285 e. The van der Waals surface area contributed by atoms with Crippen molar-refractivity contribution in [2.24, 2.45) is 11.8 Å². The first-order valence-electron chi connectivity index (χ1n) is 11.3. The van der Waals surface area contributed by atoms with Gasteiger partial charge in [0.2, 0.25) is 11.8 Å². The zero-order chi connectivity index (χ0) is 23.2. The van der Waals surface area contributed by atoms with Gasteiger partial charge < -0.3 is 0 Å². The Balaban J connectivity index is 1.54. The predicted molar refractivity (Wildman–Crippen MR) is 126 cm³/mol. The zero-order valence-electron chi connectivity index (χ0n) is 17.9. The van der Waals surface area contributed by atoms with Gasteiger partial charge in [0.05, 0.1) is 11.6 Å². The number of carbonyl (C=O) groups is 2. The van der Waals surface area contributed by atoms with Gasteiger partial charge in [-0.15, -0.1) is 0 Å².